The molecule has 9 heteroatoms. The zero-order valence-electron chi connectivity index (χ0n) is 18.2. The summed E-state index contributed by atoms with van der Waals surface area (Å²) in [5.74, 6) is -0.436. The lowest BCUT2D eigenvalue weighted by Crippen LogP contribution is -2.29. The molecule has 1 atom stereocenters. The highest BCUT2D eigenvalue weighted by Crippen LogP contribution is 2.24. The summed E-state index contributed by atoms with van der Waals surface area (Å²) < 4.78 is 13.3. The van der Waals surface area contributed by atoms with Gasteiger partial charge in [-0.3, -0.25) is 9.59 Å². The molecular formula is C24H27ClN2O5S. The van der Waals surface area contributed by atoms with Crippen molar-refractivity contribution in [2.45, 2.75) is 51.7 Å². The van der Waals surface area contributed by atoms with E-state index in [1.54, 1.807) is 24.4 Å². The number of carbonyl (C=O) groups is 1. The van der Waals surface area contributed by atoms with E-state index in [2.05, 4.69) is 5.32 Å². The third-order valence-corrected chi connectivity index (χ3v) is 6.96. The van der Waals surface area contributed by atoms with Crippen LogP contribution in [0, 0.1) is 0 Å². The maximum atomic E-state index is 13.0. The molecule has 1 aromatic carbocycles. The van der Waals surface area contributed by atoms with Crippen molar-refractivity contribution >= 4 is 39.1 Å². The second kappa shape index (κ2) is 11.3. The van der Waals surface area contributed by atoms with Crippen LogP contribution in [0.1, 0.15) is 46.5 Å². The number of ether oxygens (including phenoxy) is 2. The molecule has 1 aliphatic heterocycles. The SMILES string of the molecule is O=C(NCc1ccc(Cl)cc1)c1cn(CCCOC2CCCCO2)c2sc(CO)cc2c1=O. The van der Waals surface area contributed by atoms with E-state index in [4.69, 9.17) is 21.1 Å². The van der Waals surface area contributed by atoms with Crippen molar-refractivity contribution in [2.75, 3.05) is 13.2 Å². The van der Waals surface area contributed by atoms with Gasteiger partial charge in [-0.1, -0.05) is 23.7 Å². The molecule has 0 aliphatic carbocycles. The van der Waals surface area contributed by atoms with Gasteiger partial charge in [0.25, 0.3) is 5.91 Å². The number of fused-ring (bicyclic) bond motifs is 1. The third-order valence-electron chi connectivity index (χ3n) is 5.55. The molecule has 1 amide bonds. The number of aryl methyl sites for hydroxylation is 1. The quantitative estimate of drug-likeness (QED) is 0.441. The Morgan fingerprint density at radius 1 is 1.30 bits per heavy atom. The van der Waals surface area contributed by atoms with E-state index in [1.807, 2.05) is 16.7 Å². The number of nitrogens with zero attached hydrogens (tertiary/aromatic N) is 1. The molecule has 33 heavy (non-hydrogen) atoms. The molecule has 1 fully saturated rings. The topological polar surface area (TPSA) is 89.8 Å². The maximum absolute atomic E-state index is 13.0. The maximum Gasteiger partial charge on any atom is 0.257 e. The van der Waals surface area contributed by atoms with Gasteiger partial charge in [-0.2, -0.15) is 0 Å². The van der Waals surface area contributed by atoms with E-state index >= 15 is 0 Å². The van der Waals surface area contributed by atoms with Crippen molar-refractivity contribution in [3.63, 3.8) is 0 Å². The van der Waals surface area contributed by atoms with Crippen LogP contribution in [-0.4, -0.2) is 35.1 Å². The average Bonchev–Trinajstić information content (AvgIpc) is 3.28. The number of hydrogen-bond acceptors (Lipinski definition) is 6. The summed E-state index contributed by atoms with van der Waals surface area (Å²) in [6.07, 6.45) is 5.25. The number of carbonyl (C=O) groups excluding carboxylic acids is 1. The standard InChI is InChI=1S/C24H27ClN2O5S/c25-17-7-5-16(6-8-17)13-26-23(30)20-14-27(9-3-11-32-21-4-1-2-10-31-21)24-19(22(20)29)12-18(15-28)33-24/h5-8,12,14,21,28H,1-4,9-11,13,15H2,(H,26,30). The van der Waals surface area contributed by atoms with Crippen molar-refractivity contribution in [1.82, 2.24) is 9.88 Å². The minimum atomic E-state index is -0.436. The molecule has 0 bridgehead atoms. The first-order valence-electron chi connectivity index (χ1n) is 11.1. The summed E-state index contributed by atoms with van der Waals surface area (Å²) >= 11 is 7.27. The number of aromatic nitrogens is 1. The fourth-order valence-corrected chi connectivity index (χ4v) is 4.94. The third kappa shape index (κ3) is 6.02. The molecule has 0 spiro atoms. The Morgan fingerprint density at radius 2 is 2.12 bits per heavy atom. The number of benzene rings is 1. The molecule has 0 radical (unpaired) electrons. The van der Waals surface area contributed by atoms with Gasteiger partial charge in [-0.25, -0.2) is 0 Å². The number of halogens is 1. The summed E-state index contributed by atoms with van der Waals surface area (Å²) in [7, 11) is 0. The van der Waals surface area contributed by atoms with Gasteiger partial charge in [0, 0.05) is 35.8 Å². The molecule has 176 valence electrons. The second-order valence-electron chi connectivity index (χ2n) is 7.98. The van der Waals surface area contributed by atoms with E-state index in [0.717, 1.165) is 36.3 Å². The van der Waals surface area contributed by atoms with Crippen LogP contribution in [0.3, 0.4) is 0 Å². The van der Waals surface area contributed by atoms with Crippen LogP contribution in [0.25, 0.3) is 10.2 Å². The van der Waals surface area contributed by atoms with E-state index < -0.39 is 5.91 Å². The van der Waals surface area contributed by atoms with Crippen LogP contribution < -0.4 is 10.7 Å². The largest absolute Gasteiger partial charge is 0.391 e. The minimum absolute atomic E-state index is 0.0790. The first-order valence-corrected chi connectivity index (χ1v) is 12.3. The number of rotatable bonds is 9. The number of amides is 1. The molecule has 1 saturated heterocycles. The molecule has 1 aliphatic rings. The highest BCUT2D eigenvalue weighted by atomic mass is 35.5. The number of aliphatic hydroxyl groups is 1. The second-order valence-corrected chi connectivity index (χ2v) is 9.54. The van der Waals surface area contributed by atoms with Crippen molar-refractivity contribution < 1.29 is 19.4 Å². The van der Waals surface area contributed by atoms with Crippen LogP contribution in [0.5, 0.6) is 0 Å². The summed E-state index contributed by atoms with van der Waals surface area (Å²) in [5, 5.41) is 13.4. The molecule has 4 rings (SSSR count). The van der Waals surface area contributed by atoms with Gasteiger partial charge in [0.1, 0.15) is 10.4 Å². The van der Waals surface area contributed by atoms with Crippen LogP contribution in [-0.2, 0) is 29.2 Å². The fraction of sp³-hybridized carbons (Fsp3) is 0.417. The first-order chi connectivity index (χ1) is 16.0. The van der Waals surface area contributed by atoms with Crippen molar-refractivity contribution in [1.29, 1.82) is 0 Å². The van der Waals surface area contributed by atoms with E-state index in [1.165, 1.54) is 11.3 Å². The van der Waals surface area contributed by atoms with Gasteiger partial charge in [-0.15, -0.1) is 11.3 Å². The molecular weight excluding hydrogens is 464 g/mol. The number of aliphatic hydroxyl groups excluding tert-OH is 1. The first kappa shape index (κ1) is 23.9. The van der Waals surface area contributed by atoms with Crippen LogP contribution >= 0.6 is 22.9 Å². The molecule has 3 heterocycles. The van der Waals surface area contributed by atoms with Gasteiger partial charge in [-0.05, 0) is 49.4 Å². The van der Waals surface area contributed by atoms with E-state index in [-0.39, 0.29) is 30.4 Å². The zero-order chi connectivity index (χ0) is 23.2. The lowest BCUT2D eigenvalue weighted by atomic mass is 10.1. The van der Waals surface area contributed by atoms with Crippen LogP contribution in [0.4, 0.5) is 0 Å². The normalized spacial score (nSPS) is 16.2. The van der Waals surface area contributed by atoms with Gasteiger partial charge in [0.05, 0.1) is 18.6 Å². The molecule has 0 saturated carbocycles. The number of nitrogens with one attached hydrogen (secondary N) is 1. The monoisotopic (exact) mass is 490 g/mol. The van der Waals surface area contributed by atoms with E-state index in [0.29, 0.717) is 34.9 Å². The Bertz CT molecular complexity index is 1150. The Kier molecular flexibility index (Phi) is 8.16. The summed E-state index contributed by atoms with van der Waals surface area (Å²) in [5.41, 5.74) is 0.627. The van der Waals surface area contributed by atoms with Crippen molar-refractivity contribution in [2.24, 2.45) is 0 Å². The molecule has 2 aromatic heterocycles. The summed E-state index contributed by atoms with van der Waals surface area (Å²) in [6.45, 7) is 1.97. The predicted molar refractivity (Wildman–Crippen MR) is 129 cm³/mol. The summed E-state index contributed by atoms with van der Waals surface area (Å²) in [6, 6.07) is 8.83. The molecule has 1 unspecified atom stereocenters. The Balaban J connectivity index is 1.49. The average molecular weight is 491 g/mol. The molecule has 7 nitrogen and oxygen atoms in total. The van der Waals surface area contributed by atoms with Crippen LogP contribution in [0.2, 0.25) is 5.02 Å². The van der Waals surface area contributed by atoms with Crippen molar-refractivity contribution in [3.05, 3.63) is 67.8 Å². The Labute approximate surface area is 200 Å². The fourth-order valence-electron chi connectivity index (χ4n) is 3.80. The van der Waals surface area contributed by atoms with Gasteiger partial charge in [0.15, 0.2) is 6.29 Å². The smallest absolute Gasteiger partial charge is 0.257 e. The van der Waals surface area contributed by atoms with Gasteiger partial charge < -0.3 is 24.5 Å². The van der Waals surface area contributed by atoms with E-state index in [9.17, 15) is 14.7 Å². The molecule has 2 N–H and O–H groups in total. The zero-order valence-corrected chi connectivity index (χ0v) is 19.8. The Morgan fingerprint density at radius 3 is 2.85 bits per heavy atom. The van der Waals surface area contributed by atoms with Gasteiger partial charge >= 0.3 is 0 Å². The predicted octanol–water partition coefficient (Wildman–Crippen LogP) is 4.07. The summed E-state index contributed by atoms with van der Waals surface area (Å²) in [4.78, 5) is 27.3. The van der Waals surface area contributed by atoms with Crippen molar-refractivity contribution in [3.8, 4) is 0 Å². The number of hydrogen-bond donors (Lipinski definition) is 2. The number of pyridine rings is 1. The molecule has 3 aromatic rings. The van der Waals surface area contributed by atoms with Crippen LogP contribution in [0.15, 0.2) is 41.3 Å². The Hall–Kier alpha value is -2.23. The highest BCUT2D eigenvalue weighted by molar-refractivity contribution is 7.18. The number of thiophene rings is 1. The highest BCUT2D eigenvalue weighted by Gasteiger charge is 2.18. The minimum Gasteiger partial charge on any atom is -0.391 e. The van der Waals surface area contributed by atoms with Gasteiger partial charge in [0.2, 0.25) is 5.43 Å². The lowest BCUT2D eigenvalue weighted by Gasteiger charge is -2.22. The lowest BCUT2D eigenvalue weighted by molar-refractivity contribution is -0.162.